The van der Waals surface area contributed by atoms with Gasteiger partial charge in [-0.05, 0) is 30.0 Å². The molecule has 0 saturated carbocycles. The van der Waals surface area contributed by atoms with Crippen molar-refractivity contribution in [1.82, 2.24) is 0 Å². The van der Waals surface area contributed by atoms with E-state index in [-0.39, 0.29) is 23.9 Å². The molecule has 0 aliphatic carbocycles. The van der Waals surface area contributed by atoms with Gasteiger partial charge in [0.2, 0.25) is 0 Å². The van der Waals surface area contributed by atoms with Gasteiger partial charge in [-0.2, -0.15) is 0 Å². The van der Waals surface area contributed by atoms with Crippen molar-refractivity contribution in [3.8, 4) is 11.1 Å². The fourth-order valence-electron chi connectivity index (χ4n) is 2.00. The van der Waals surface area contributed by atoms with Crippen LogP contribution in [-0.2, 0) is 6.42 Å². The summed E-state index contributed by atoms with van der Waals surface area (Å²) in [5.74, 6) is -0.334. The van der Waals surface area contributed by atoms with Crippen molar-refractivity contribution in [1.29, 1.82) is 0 Å². The van der Waals surface area contributed by atoms with E-state index < -0.39 is 0 Å². The molecule has 0 heterocycles. The minimum Gasteiger partial charge on any atom is -0.396 e. The second kappa shape index (κ2) is 7.15. The monoisotopic (exact) mass is 279 g/mol. The number of aryl methyl sites for hydroxylation is 1. The first-order valence-electron chi connectivity index (χ1n) is 6.35. The van der Waals surface area contributed by atoms with Crippen molar-refractivity contribution in [3.05, 3.63) is 53.8 Å². The number of nitrogen functional groups attached to an aromatic ring is 1. The number of halogens is 2. The highest BCUT2D eigenvalue weighted by atomic mass is 35.5. The van der Waals surface area contributed by atoms with Crippen LogP contribution < -0.4 is 5.73 Å². The van der Waals surface area contributed by atoms with E-state index in [9.17, 15) is 4.39 Å². The van der Waals surface area contributed by atoms with Crippen molar-refractivity contribution < 1.29 is 4.39 Å². The topological polar surface area (TPSA) is 26.0 Å². The van der Waals surface area contributed by atoms with Crippen LogP contribution in [-0.4, -0.2) is 0 Å². The van der Waals surface area contributed by atoms with Gasteiger partial charge in [0, 0.05) is 5.56 Å². The summed E-state index contributed by atoms with van der Waals surface area (Å²) in [5.41, 5.74) is 8.51. The Bertz CT molecular complexity index is 523. The lowest BCUT2D eigenvalue weighted by Crippen LogP contribution is -1.93. The molecule has 0 unspecified atom stereocenters. The number of benzene rings is 2. The first-order valence-corrected chi connectivity index (χ1v) is 6.35. The van der Waals surface area contributed by atoms with Gasteiger partial charge in [0.05, 0.1) is 5.69 Å². The van der Waals surface area contributed by atoms with E-state index >= 15 is 0 Å². The zero-order valence-electron chi connectivity index (χ0n) is 11.0. The Hall–Kier alpha value is -1.54. The summed E-state index contributed by atoms with van der Waals surface area (Å²) in [4.78, 5) is 0. The van der Waals surface area contributed by atoms with Gasteiger partial charge in [0.1, 0.15) is 0 Å². The molecule has 0 aromatic heterocycles. The first-order chi connectivity index (χ1) is 8.72. The zero-order valence-corrected chi connectivity index (χ0v) is 11.8. The predicted molar refractivity (Wildman–Crippen MR) is 82.1 cm³/mol. The molecule has 0 aliphatic heterocycles. The van der Waals surface area contributed by atoms with E-state index in [0.29, 0.717) is 5.56 Å². The molecule has 102 valence electrons. The average molecular weight is 280 g/mol. The normalized spacial score (nSPS) is 10.0. The Labute approximate surface area is 120 Å². The van der Waals surface area contributed by atoms with Gasteiger partial charge in [-0.15, -0.1) is 12.4 Å². The van der Waals surface area contributed by atoms with Gasteiger partial charge in [-0.1, -0.05) is 49.7 Å². The largest absolute Gasteiger partial charge is 0.396 e. The molecule has 0 aliphatic rings. The summed E-state index contributed by atoms with van der Waals surface area (Å²) in [6.45, 7) is 2.18. The van der Waals surface area contributed by atoms with Crippen LogP contribution in [0.5, 0.6) is 0 Å². The molecule has 0 fully saturated rings. The maximum atomic E-state index is 13.9. The first kappa shape index (κ1) is 15.5. The fraction of sp³-hybridized carbons (Fsp3) is 0.250. The summed E-state index contributed by atoms with van der Waals surface area (Å²) in [5, 5.41) is 0. The molecule has 0 atom stereocenters. The molecular formula is C16H19ClFN. The standard InChI is InChI=1S/C16H18FN.ClH/c1-2-3-5-12-8-10-13(11-9-12)14-6-4-7-15(18)16(14)17;/h4,6-11H,2-3,5,18H2,1H3;1H. The Morgan fingerprint density at radius 3 is 2.37 bits per heavy atom. The molecule has 0 saturated heterocycles. The van der Waals surface area contributed by atoms with Crippen molar-refractivity contribution in [2.24, 2.45) is 0 Å². The number of hydrogen-bond acceptors (Lipinski definition) is 1. The van der Waals surface area contributed by atoms with Crippen LogP contribution in [0, 0.1) is 5.82 Å². The number of anilines is 1. The Kier molecular flexibility index (Phi) is 5.84. The molecule has 2 N–H and O–H groups in total. The second-order valence-electron chi connectivity index (χ2n) is 4.51. The average Bonchev–Trinajstić information content (AvgIpc) is 2.40. The molecule has 0 spiro atoms. The zero-order chi connectivity index (χ0) is 13.0. The highest BCUT2D eigenvalue weighted by Gasteiger charge is 2.07. The molecular weight excluding hydrogens is 261 g/mol. The summed E-state index contributed by atoms with van der Waals surface area (Å²) < 4.78 is 13.9. The van der Waals surface area contributed by atoms with E-state index in [1.807, 2.05) is 12.1 Å². The van der Waals surface area contributed by atoms with Crippen LogP contribution in [0.25, 0.3) is 11.1 Å². The molecule has 2 aromatic carbocycles. The number of hydrogen-bond donors (Lipinski definition) is 1. The van der Waals surface area contributed by atoms with E-state index in [0.717, 1.165) is 12.0 Å². The quantitative estimate of drug-likeness (QED) is 0.796. The van der Waals surface area contributed by atoms with Crippen LogP contribution in [0.15, 0.2) is 42.5 Å². The van der Waals surface area contributed by atoms with Crippen LogP contribution in [0.1, 0.15) is 25.3 Å². The lowest BCUT2D eigenvalue weighted by molar-refractivity contribution is 0.636. The van der Waals surface area contributed by atoms with Gasteiger partial charge in [-0.25, -0.2) is 4.39 Å². The SMILES string of the molecule is CCCCc1ccc(-c2cccc(N)c2F)cc1.Cl. The van der Waals surface area contributed by atoms with Crippen molar-refractivity contribution in [2.75, 3.05) is 5.73 Å². The minimum absolute atomic E-state index is 0. The lowest BCUT2D eigenvalue weighted by atomic mass is 10.0. The van der Waals surface area contributed by atoms with E-state index in [1.54, 1.807) is 18.2 Å². The van der Waals surface area contributed by atoms with E-state index in [4.69, 9.17) is 5.73 Å². The molecule has 2 aromatic rings. The maximum Gasteiger partial charge on any atom is 0.153 e. The third-order valence-electron chi connectivity index (χ3n) is 3.11. The van der Waals surface area contributed by atoms with Crippen molar-refractivity contribution in [2.45, 2.75) is 26.2 Å². The van der Waals surface area contributed by atoms with Crippen LogP contribution >= 0.6 is 12.4 Å². The van der Waals surface area contributed by atoms with Crippen LogP contribution in [0.2, 0.25) is 0 Å². The van der Waals surface area contributed by atoms with Crippen LogP contribution in [0.4, 0.5) is 10.1 Å². The van der Waals surface area contributed by atoms with Crippen molar-refractivity contribution >= 4 is 18.1 Å². The van der Waals surface area contributed by atoms with Crippen LogP contribution in [0.3, 0.4) is 0 Å². The smallest absolute Gasteiger partial charge is 0.153 e. The highest BCUT2D eigenvalue weighted by molar-refractivity contribution is 5.85. The highest BCUT2D eigenvalue weighted by Crippen LogP contribution is 2.26. The van der Waals surface area contributed by atoms with Gasteiger partial charge in [-0.3, -0.25) is 0 Å². The summed E-state index contributed by atoms with van der Waals surface area (Å²) in [6.07, 6.45) is 3.45. The Morgan fingerprint density at radius 2 is 1.74 bits per heavy atom. The van der Waals surface area contributed by atoms with E-state index in [2.05, 4.69) is 19.1 Å². The Morgan fingerprint density at radius 1 is 1.05 bits per heavy atom. The van der Waals surface area contributed by atoms with Crippen molar-refractivity contribution in [3.63, 3.8) is 0 Å². The molecule has 19 heavy (non-hydrogen) atoms. The third kappa shape index (κ3) is 3.71. The predicted octanol–water partition coefficient (Wildman–Crippen LogP) is 4.84. The van der Waals surface area contributed by atoms with E-state index in [1.165, 1.54) is 18.4 Å². The summed E-state index contributed by atoms with van der Waals surface area (Å²) in [7, 11) is 0. The maximum absolute atomic E-state index is 13.9. The molecule has 0 bridgehead atoms. The van der Waals surface area contributed by atoms with Gasteiger partial charge in [0.25, 0.3) is 0 Å². The van der Waals surface area contributed by atoms with Gasteiger partial charge < -0.3 is 5.73 Å². The number of nitrogens with two attached hydrogens (primary N) is 1. The molecule has 0 amide bonds. The molecule has 0 radical (unpaired) electrons. The molecule has 3 heteroatoms. The lowest BCUT2D eigenvalue weighted by Gasteiger charge is -2.07. The summed E-state index contributed by atoms with van der Waals surface area (Å²) >= 11 is 0. The Balaban J connectivity index is 0.00000180. The second-order valence-corrected chi connectivity index (χ2v) is 4.51. The van der Waals surface area contributed by atoms with Gasteiger partial charge >= 0.3 is 0 Å². The molecule has 2 rings (SSSR count). The minimum atomic E-state index is -0.334. The fourth-order valence-corrected chi connectivity index (χ4v) is 2.00. The number of unbranched alkanes of at least 4 members (excludes halogenated alkanes) is 1. The van der Waals surface area contributed by atoms with Gasteiger partial charge in [0.15, 0.2) is 5.82 Å². The number of rotatable bonds is 4. The molecule has 1 nitrogen and oxygen atoms in total. The summed E-state index contributed by atoms with van der Waals surface area (Å²) in [6, 6.07) is 13.2. The third-order valence-corrected chi connectivity index (χ3v) is 3.11.